The fourth-order valence-corrected chi connectivity index (χ4v) is 3.58. The molecule has 3 heterocycles. The number of amides is 4. The lowest BCUT2D eigenvalue weighted by atomic mass is 9.86. The molecule has 8 nitrogen and oxygen atoms in total. The third-order valence-corrected chi connectivity index (χ3v) is 5.51. The van der Waals surface area contributed by atoms with Crippen LogP contribution in [0.25, 0.3) is 0 Å². The van der Waals surface area contributed by atoms with Crippen LogP contribution >= 0.6 is 0 Å². The zero-order valence-electron chi connectivity index (χ0n) is 14.6. The first kappa shape index (κ1) is 16.5. The lowest BCUT2D eigenvalue weighted by molar-refractivity contribution is -0.140. The summed E-state index contributed by atoms with van der Waals surface area (Å²) in [5, 5.41) is 0. The number of aryl methyl sites for hydroxylation is 1. The maximum absolute atomic E-state index is 12.5. The molecule has 130 valence electrons. The van der Waals surface area contributed by atoms with E-state index in [4.69, 9.17) is 0 Å². The molecule has 0 atom stereocenters. The number of likely N-dealkylation sites (N-methyl/N-ethyl adjacent to an activating group) is 2. The van der Waals surface area contributed by atoms with Crippen LogP contribution in [-0.4, -0.2) is 74.8 Å². The van der Waals surface area contributed by atoms with Gasteiger partial charge in [0.25, 0.3) is 5.91 Å². The first-order valence-corrected chi connectivity index (χ1v) is 8.10. The topological polar surface area (TPSA) is 78.8 Å². The predicted octanol–water partition coefficient (Wildman–Crippen LogP) is 0.385. The van der Waals surface area contributed by atoms with Gasteiger partial charge in [-0.05, 0) is 26.7 Å². The number of imide groups is 1. The highest BCUT2D eigenvalue weighted by Gasteiger charge is 2.55. The number of rotatable bonds is 2. The average molecular weight is 333 g/mol. The number of aromatic nitrogens is 2. The van der Waals surface area contributed by atoms with Crippen LogP contribution in [0.1, 0.15) is 24.2 Å². The lowest BCUT2D eigenvalue weighted by Crippen LogP contribution is -2.56. The van der Waals surface area contributed by atoms with Gasteiger partial charge in [0.15, 0.2) is 0 Å². The standard InChI is InChI=1S/C16H23N5O3/c1-11-12(2)21(10-17-11)9-13(22)20-7-5-16(6-8-20)14(23)18(3)15(24)19(16)4/h10H,5-9H2,1-4H3. The number of imidazole rings is 1. The Kier molecular flexibility index (Phi) is 3.85. The van der Waals surface area contributed by atoms with Gasteiger partial charge in [0, 0.05) is 32.9 Å². The van der Waals surface area contributed by atoms with Gasteiger partial charge in [0.1, 0.15) is 12.1 Å². The number of likely N-dealkylation sites (tertiary alicyclic amines) is 1. The van der Waals surface area contributed by atoms with Gasteiger partial charge in [0.05, 0.1) is 12.0 Å². The Labute approximate surface area is 141 Å². The smallest absolute Gasteiger partial charge is 0.327 e. The summed E-state index contributed by atoms with van der Waals surface area (Å²) in [6, 6.07) is -0.274. The number of carbonyl (C=O) groups is 3. The summed E-state index contributed by atoms with van der Waals surface area (Å²) in [5.41, 5.74) is 1.11. The number of nitrogens with zero attached hydrogens (tertiary/aromatic N) is 5. The number of hydrogen-bond acceptors (Lipinski definition) is 4. The van der Waals surface area contributed by atoms with Crippen LogP contribution < -0.4 is 0 Å². The molecule has 1 aromatic rings. The summed E-state index contributed by atoms with van der Waals surface area (Å²) in [7, 11) is 3.18. The summed E-state index contributed by atoms with van der Waals surface area (Å²) in [4.78, 5) is 45.7. The van der Waals surface area contributed by atoms with Gasteiger partial charge in [-0.25, -0.2) is 9.78 Å². The molecule has 0 aromatic carbocycles. The first-order valence-electron chi connectivity index (χ1n) is 8.10. The van der Waals surface area contributed by atoms with Crippen LogP contribution in [0.3, 0.4) is 0 Å². The number of urea groups is 1. The number of hydrogen-bond donors (Lipinski definition) is 0. The average Bonchev–Trinajstić information content (AvgIpc) is 2.97. The van der Waals surface area contributed by atoms with E-state index in [1.54, 1.807) is 18.3 Å². The molecule has 8 heteroatoms. The molecule has 2 saturated heterocycles. The molecular formula is C16H23N5O3. The van der Waals surface area contributed by atoms with Crippen molar-refractivity contribution in [3.8, 4) is 0 Å². The van der Waals surface area contributed by atoms with Gasteiger partial charge < -0.3 is 14.4 Å². The minimum atomic E-state index is -0.788. The summed E-state index contributed by atoms with van der Waals surface area (Å²) in [6.07, 6.45) is 2.63. The molecule has 1 spiro atoms. The number of piperidine rings is 1. The lowest BCUT2D eigenvalue weighted by Gasteiger charge is -2.40. The molecule has 2 aliphatic heterocycles. The summed E-state index contributed by atoms with van der Waals surface area (Å²) in [6.45, 7) is 5.05. The molecule has 2 aliphatic rings. The Balaban J connectivity index is 1.67. The van der Waals surface area contributed by atoms with Gasteiger partial charge in [-0.15, -0.1) is 0 Å². The monoisotopic (exact) mass is 333 g/mol. The molecule has 4 amide bonds. The molecule has 0 radical (unpaired) electrons. The minimum Gasteiger partial charge on any atom is -0.341 e. The molecule has 0 bridgehead atoms. The van der Waals surface area contributed by atoms with Gasteiger partial charge in [0.2, 0.25) is 5.91 Å². The Morgan fingerprint density at radius 2 is 1.83 bits per heavy atom. The van der Waals surface area contributed by atoms with E-state index in [-0.39, 0.29) is 24.4 Å². The Bertz CT molecular complexity index is 703. The van der Waals surface area contributed by atoms with E-state index in [1.165, 1.54) is 16.8 Å². The second-order valence-electron chi connectivity index (χ2n) is 6.66. The molecule has 1 aromatic heterocycles. The van der Waals surface area contributed by atoms with Gasteiger partial charge in [-0.3, -0.25) is 14.5 Å². The fourth-order valence-electron chi connectivity index (χ4n) is 3.58. The maximum atomic E-state index is 12.5. The van der Waals surface area contributed by atoms with E-state index in [0.717, 1.165) is 11.4 Å². The fraction of sp³-hybridized carbons (Fsp3) is 0.625. The molecule has 0 unspecified atom stereocenters. The van der Waals surface area contributed by atoms with Crippen LogP contribution in [0.5, 0.6) is 0 Å². The van der Waals surface area contributed by atoms with Gasteiger partial charge >= 0.3 is 6.03 Å². The highest BCUT2D eigenvalue weighted by atomic mass is 16.2. The molecule has 2 fully saturated rings. The molecular weight excluding hydrogens is 310 g/mol. The number of carbonyl (C=O) groups excluding carboxylic acids is 3. The van der Waals surface area contributed by atoms with Crippen molar-refractivity contribution in [3.05, 3.63) is 17.7 Å². The SMILES string of the molecule is Cc1ncn(CC(=O)N2CCC3(CC2)C(=O)N(C)C(=O)N3C)c1C. The molecule has 3 rings (SSSR count). The normalized spacial score (nSPS) is 20.4. The second kappa shape index (κ2) is 5.61. The second-order valence-corrected chi connectivity index (χ2v) is 6.66. The molecule has 0 aliphatic carbocycles. The van der Waals surface area contributed by atoms with E-state index >= 15 is 0 Å². The van der Waals surface area contributed by atoms with Crippen molar-refractivity contribution in [1.29, 1.82) is 0 Å². The largest absolute Gasteiger partial charge is 0.341 e. The van der Waals surface area contributed by atoms with Crippen LogP contribution in [-0.2, 0) is 16.1 Å². The van der Waals surface area contributed by atoms with E-state index in [0.29, 0.717) is 25.9 Å². The molecule has 0 saturated carbocycles. The van der Waals surface area contributed by atoms with Crippen molar-refractivity contribution < 1.29 is 14.4 Å². The highest BCUT2D eigenvalue weighted by Crippen LogP contribution is 2.35. The molecule has 24 heavy (non-hydrogen) atoms. The van der Waals surface area contributed by atoms with Crippen molar-refractivity contribution in [2.24, 2.45) is 0 Å². The summed E-state index contributed by atoms with van der Waals surface area (Å²) in [5.74, 6) is -0.152. The summed E-state index contributed by atoms with van der Waals surface area (Å²) >= 11 is 0. The Morgan fingerprint density at radius 3 is 2.29 bits per heavy atom. The van der Waals surface area contributed by atoms with E-state index in [1.807, 2.05) is 18.4 Å². The predicted molar refractivity (Wildman–Crippen MR) is 86.2 cm³/mol. The van der Waals surface area contributed by atoms with Crippen LogP contribution in [0.2, 0.25) is 0 Å². The first-order chi connectivity index (χ1) is 11.3. The zero-order valence-corrected chi connectivity index (χ0v) is 14.6. The quantitative estimate of drug-likeness (QED) is 0.733. The zero-order chi connectivity index (χ0) is 17.6. The summed E-state index contributed by atoms with van der Waals surface area (Å²) < 4.78 is 1.84. The van der Waals surface area contributed by atoms with Crippen molar-refractivity contribution in [2.45, 2.75) is 38.8 Å². The minimum absolute atomic E-state index is 0.0122. The van der Waals surface area contributed by atoms with Crippen LogP contribution in [0.4, 0.5) is 4.79 Å². The third kappa shape index (κ3) is 2.28. The Morgan fingerprint density at radius 1 is 1.21 bits per heavy atom. The van der Waals surface area contributed by atoms with Crippen molar-refractivity contribution in [3.63, 3.8) is 0 Å². The van der Waals surface area contributed by atoms with E-state index < -0.39 is 5.54 Å². The van der Waals surface area contributed by atoms with E-state index in [9.17, 15) is 14.4 Å². The highest BCUT2D eigenvalue weighted by molar-refractivity contribution is 6.06. The molecule has 0 N–H and O–H groups in total. The van der Waals surface area contributed by atoms with Gasteiger partial charge in [-0.1, -0.05) is 0 Å². The van der Waals surface area contributed by atoms with E-state index in [2.05, 4.69) is 4.98 Å². The van der Waals surface area contributed by atoms with Crippen LogP contribution in [0.15, 0.2) is 6.33 Å². The Hall–Kier alpha value is -2.38. The van der Waals surface area contributed by atoms with Crippen molar-refractivity contribution >= 4 is 17.8 Å². The van der Waals surface area contributed by atoms with Crippen LogP contribution in [0, 0.1) is 13.8 Å². The third-order valence-electron chi connectivity index (χ3n) is 5.51. The van der Waals surface area contributed by atoms with Crippen molar-refractivity contribution in [2.75, 3.05) is 27.2 Å². The van der Waals surface area contributed by atoms with Gasteiger partial charge in [-0.2, -0.15) is 0 Å². The maximum Gasteiger partial charge on any atom is 0.327 e. The van der Waals surface area contributed by atoms with Crippen molar-refractivity contribution in [1.82, 2.24) is 24.3 Å².